The van der Waals surface area contributed by atoms with Crippen molar-refractivity contribution in [1.29, 1.82) is 0 Å². The molecule has 0 saturated carbocycles. The minimum atomic E-state index is -0.287. The first-order chi connectivity index (χ1) is 19.0. The second kappa shape index (κ2) is 12.0. The number of benzene rings is 1. The van der Waals surface area contributed by atoms with Gasteiger partial charge in [-0.3, -0.25) is 9.36 Å². The smallest absolute Gasteiger partial charge is 0.317 e. The first-order valence-electron chi connectivity index (χ1n) is 13.3. The average molecular weight is 535 g/mol. The van der Waals surface area contributed by atoms with Crippen LogP contribution in [0.3, 0.4) is 0 Å². The number of urea groups is 1. The minimum absolute atomic E-state index is 0.119. The number of rotatable bonds is 8. The molecule has 0 spiro atoms. The summed E-state index contributed by atoms with van der Waals surface area (Å²) < 4.78 is 13.5. The number of nitrogens with zero attached hydrogens (tertiary/aromatic N) is 6. The molecule has 1 saturated heterocycles. The molecule has 2 aliphatic rings. The fourth-order valence-electron chi connectivity index (χ4n) is 4.71. The number of amides is 3. The van der Waals surface area contributed by atoms with Gasteiger partial charge in [0.25, 0.3) is 0 Å². The second-order valence-corrected chi connectivity index (χ2v) is 9.67. The van der Waals surface area contributed by atoms with Gasteiger partial charge in [-0.2, -0.15) is 4.98 Å². The van der Waals surface area contributed by atoms with E-state index in [9.17, 15) is 9.59 Å². The molecule has 12 heteroatoms. The number of fused-ring (bicyclic) bond motifs is 1. The highest BCUT2D eigenvalue weighted by Crippen LogP contribution is 2.30. The highest BCUT2D eigenvalue weighted by molar-refractivity contribution is 5.78. The van der Waals surface area contributed by atoms with Crippen LogP contribution in [-0.2, 0) is 4.79 Å². The maximum absolute atomic E-state index is 13.1. The van der Waals surface area contributed by atoms with Crippen LogP contribution in [0.1, 0.15) is 25.5 Å². The number of ether oxygens (including phenoxy) is 2. The molecule has 2 aliphatic heterocycles. The third-order valence-corrected chi connectivity index (χ3v) is 6.67. The third-order valence-electron chi connectivity index (χ3n) is 6.67. The van der Waals surface area contributed by atoms with Crippen LogP contribution >= 0.6 is 0 Å². The van der Waals surface area contributed by atoms with E-state index in [-0.39, 0.29) is 30.5 Å². The second-order valence-electron chi connectivity index (χ2n) is 9.67. The number of hydrogen-bond acceptors (Lipinski definition) is 8. The van der Waals surface area contributed by atoms with Crippen LogP contribution in [0.15, 0.2) is 49.1 Å². The van der Waals surface area contributed by atoms with E-state index in [0.717, 1.165) is 12.1 Å². The molecule has 3 amide bonds. The van der Waals surface area contributed by atoms with Gasteiger partial charge in [0.2, 0.25) is 11.9 Å². The fraction of sp³-hybridized carbons (Fsp3) is 0.444. The molecule has 0 aliphatic carbocycles. The molecule has 12 nitrogen and oxygen atoms in total. The summed E-state index contributed by atoms with van der Waals surface area (Å²) in [5.74, 6) is 2.45. The summed E-state index contributed by atoms with van der Waals surface area (Å²) in [5, 5.41) is 5.94. The Kier molecular flexibility index (Phi) is 8.09. The van der Waals surface area contributed by atoms with Crippen LogP contribution in [0.25, 0.3) is 5.95 Å². The average Bonchev–Trinajstić information content (AvgIpc) is 3.50. The molecular weight excluding hydrogens is 500 g/mol. The van der Waals surface area contributed by atoms with Gasteiger partial charge >= 0.3 is 6.03 Å². The molecule has 1 fully saturated rings. The van der Waals surface area contributed by atoms with Gasteiger partial charge in [0.05, 0.1) is 12.6 Å². The highest BCUT2D eigenvalue weighted by atomic mass is 16.6. The molecule has 4 heterocycles. The molecule has 39 heavy (non-hydrogen) atoms. The minimum Gasteiger partial charge on any atom is -0.486 e. The summed E-state index contributed by atoms with van der Waals surface area (Å²) in [5.41, 5.74) is 0.796. The summed E-state index contributed by atoms with van der Waals surface area (Å²) in [6.45, 7) is 6.65. The maximum Gasteiger partial charge on any atom is 0.317 e. The van der Waals surface area contributed by atoms with E-state index < -0.39 is 0 Å². The molecular formula is C27H34N8O4. The van der Waals surface area contributed by atoms with E-state index in [1.54, 1.807) is 28.2 Å². The summed E-state index contributed by atoms with van der Waals surface area (Å²) in [4.78, 5) is 43.2. The lowest BCUT2D eigenvalue weighted by Crippen LogP contribution is -2.58. The van der Waals surface area contributed by atoms with Gasteiger partial charge < -0.3 is 29.9 Å². The zero-order valence-corrected chi connectivity index (χ0v) is 22.2. The lowest BCUT2D eigenvalue weighted by atomic mass is 10.1. The zero-order chi connectivity index (χ0) is 27.2. The van der Waals surface area contributed by atoms with Crippen LogP contribution in [0.5, 0.6) is 11.5 Å². The first kappa shape index (κ1) is 26.3. The molecule has 0 radical (unpaired) electrons. The van der Waals surface area contributed by atoms with E-state index in [1.807, 2.05) is 44.2 Å². The topological polar surface area (TPSA) is 127 Å². The van der Waals surface area contributed by atoms with E-state index in [0.29, 0.717) is 62.6 Å². The molecule has 206 valence electrons. The third kappa shape index (κ3) is 6.39. The summed E-state index contributed by atoms with van der Waals surface area (Å²) in [6, 6.07) is 9.00. The van der Waals surface area contributed by atoms with Crippen LogP contribution in [0.4, 0.5) is 10.6 Å². The number of imidazole rings is 1. The van der Waals surface area contributed by atoms with Crippen molar-refractivity contribution in [3.63, 3.8) is 0 Å². The van der Waals surface area contributed by atoms with Crippen LogP contribution in [-0.4, -0.2) is 87.8 Å². The summed E-state index contributed by atoms with van der Waals surface area (Å²) in [6.07, 6.45) is 5.86. The van der Waals surface area contributed by atoms with Gasteiger partial charge in [0.15, 0.2) is 11.5 Å². The van der Waals surface area contributed by atoms with Crippen molar-refractivity contribution in [2.45, 2.75) is 38.8 Å². The molecule has 2 unspecified atom stereocenters. The van der Waals surface area contributed by atoms with Crippen molar-refractivity contribution in [2.75, 3.05) is 44.2 Å². The predicted molar refractivity (Wildman–Crippen MR) is 144 cm³/mol. The molecule has 2 atom stereocenters. The van der Waals surface area contributed by atoms with Crippen molar-refractivity contribution in [3.05, 3.63) is 54.7 Å². The van der Waals surface area contributed by atoms with Crippen molar-refractivity contribution in [3.8, 4) is 17.4 Å². The van der Waals surface area contributed by atoms with E-state index in [4.69, 9.17) is 14.5 Å². The summed E-state index contributed by atoms with van der Waals surface area (Å²) >= 11 is 0. The van der Waals surface area contributed by atoms with Gasteiger partial charge in [-0.1, -0.05) is 19.1 Å². The largest absolute Gasteiger partial charge is 0.486 e. The number of aromatic nitrogens is 4. The van der Waals surface area contributed by atoms with Gasteiger partial charge in [-0.25, -0.2) is 14.8 Å². The fourth-order valence-corrected chi connectivity index (χ4v) is 4.71. The Morgan fingerprint density at radius 3 is 2.77 bits per heavy atom. The van der Waals surface area contributed by atoms with Crippen molar-refractivity contribution < 1.29 is 19.1 Å². The maximum atomic E-state index is 13.1. The molecule has 5 rings (SSSR count). The molecule has 3 aromatic rings. The first-order valence-corrected chi connectivity index (χ1v) is 13.3. The predicted octanol–water partition coefficient (Wildman–Crippen LogP) is 1.93. The number of hydrogen-bond donors (Lipinski definition) is 2. The Labute approximate surface area is 227 Å². The number of piperazine rings is 1. The van der Waals surface area contributed by atoms with Crippen LogP contribution in [0, 0.1) is 6.92 Å². The molecule has 2 N–H and O–H groups in total. The Morgan fingerprint density at radius 2 is 1.97 bits per heavy atom. The van der Waals surface area contributed by atoms with Gasteiger partial charge in [0, 0.05) is 56.8 Å². The Hall–Kier alpha value is -4.35. The van der Waals surface area contributed by atoms with E-state index in [1.165, 1.54) is 0 Å². The molecule has 0 bridgehead atoms. The lowest BCUT2D eigenvalue weighted by Gasteiger charge is -2.42. The zero-order valence-electron chi connectivity index (χ0n) is 22.2. The molecule has 2 aromatic heterocycles. The number of nitrogens with one attached hydrogen (secondary N) is 2. The van der Waals surface area contributed by atoms with Crippen LogP contribution in [0.2, 0.25) is 0 Å². The van der Waals surface area contributed by atoms with Gasteiger partial charge in [-0.15, -0.1) is 0 Å². The standard InChI is InChI=1S/C27H34N8O4/c1-3-8-29-27(37)33-11-12-35(24-13-19(2)31-26(32-24)34-10-9-28-18-34)20(16-33)14-25(36)30-15-21-17-38-22-6-4-5-7-23(22)39-21/h4-7,9-10,13,18,20-21H,3,8,11-12,14-17H2,1-2H3,(H,29,37)(H,30,36). The van der Waals surface area contributed by atoms with Gasteiger partial charge in [-0.05, 0) is 25.5 Å². The number of aryl methyl sites for hydroxylation is 1. The number of para-hydroxylation sites is 2. The number of carbonyl (C=O) groups is 2. The number of anilines is 1. The highest BCUT2D eigenvalue weighted by Gasteiger charge is 2.33. The Morgan fingerprint density at radius 1 is 1.13 bits per heavy atom. The lowest BCUT2D eigenvalue weighted by molar-refractivity contribution is -0.122. The van der Waals surface area contributed by atoms with Gasteiger partial charge in [0.1, 0.15) is 24.9 Å². The normalized spacial score (nSPS) is 18.5. The van der Waals surface area contributed by atoms with Crippen molar-refractivity contribution in [1.82, 2.24) is 35.1 Å². The van der Waals surface area contributed by atoms with Crippen molar-refractivity contribution in [2.24, 2.45) is 0 Å². The summed E-state index contributed by atoms with van der Waals surface area (Å²) in [7, 11) is 0. The number of carbonyl (C=O) groups excluding carboxylic acids is 2. The Balaban J connectivity index is 1.28. The van der Waals surface area contributed by atoms with Crippen molar-refractivity contribution >= 4 is 17.8 Å². The Bertz CT molecular complexity index is 1280. The SMILES string of the molecule is CCCNC(=O)N1CCN(c2cc(C)nc(-n3ccnc3)n2)C(CC(=O)NCC2COc3ccccc3O2)C1. The van der Waals surface area contributed by atoms with Crippen LogP contribution < -0.4 is 25.0 Å². The van der Waals surface area contributed by atoms with E-state index >= 15 is 0 Å². The van der Waals surface area contributed by atoms with E-state index in [2.05, 4.69) is 25.5 Å². The molecule has 1 aromatic carbocycles. The quantitative estimate of drug-likeness (QED) is 0.449. The monoisotopic (exact) mass is 534 g/mol.